The molecule has 20 heavy (non-hydrogen) atoms. The van der Waals surface area contributed by atoms with Crippen LogP contribution in [0.4, 0.5) is 4.39 Å². The number of hydrogen-bond donors (Lipinski definition) is 0. The van der Waals surface area contributed by atoms with E-state index in [1.54, 1.807) is 43.3 Å². The summed E-state index contributed by atoms with van der Waals surface area (Å²) in [6.45, 7) is 1.69. The van der Waals surface area contributed by atoms with Gasteiger partial charge in [-0.3, -0.25) is 4.79 Å². The van der Waals surface area contributed by atoms with Crippen LogP contribution in [0.25, 0.3) is 0 Å². The van der Waals surface area contributed by atoms with E-state index in [-0.39, 0.29) is 18.0 Å². The van der Waals surface area contributed by atoms with E-state index >= 15 is 0 Å². The van der Waals surface area contributed by atoms with E-state index in [9.17, 15) is 9.18 Å². The molecular weight excluding hydrogens is 279 g/mol. The lowest BCUT2D eigenvalue weighted by molar-refractivity contribution is -0.124. The first-order valence-electron chi connectivity index (χ1n) is 6.24. The molecule has 2 aromatic rings. The van der Waals surface area contributed by atoms with Crippen LogP contribution < -0.4 is 4.74 Å². The van der Waals surface area contributed by atoms with Crippen LogP contribution in [0.3, 0.4) is 0 Å². The van der Waals surface area contributed by atoms with Gasteiger partial charge in [0.1, 0.15) is 11.6 Å². The topological polar surface area (TPSA) is 26.3 Å². The summed E-state index contributed by atoms with van der Waals surface area (Å²) in [5.74, 6) is 0.165. The van der Waals surface area contributed by atoms with E-state index in [0.29, 0.717) is 10.8 Å². The molecular formula is C16H14ClFO2. The van der Waals surface area contributed by atoms with E-state index in [0.717, 1.165) is 5.56 Å². The van der Waals surface area contributed by atoms with Crippen LogP contribution >= 0.6 is 11.6 Å². The minimum Gasteiger partial charge on any atom is -0.483 e. The van der Waals surface area contributed by atoms with Crippen molar-refractivity contribution in [1.29, 1.82) is 0 Å². The molecule has 1 unspecified atom stereocenters. The summed E-state index contributed by atoms with van der Waals surface area (Å²) in [5, 5.41) is 0.556. The molecule has 0 aliphatic carbocycles. The van der Waals surface area contributed by atoms with Crippen molar-refractivity contribution in [2.75, 3.05) is 0 Å². The van der Waals surface area contributed by atoms with Crippen LogP contribution in [0, 0.1) is 5.82 Å². The van der Waals surface area contributed by atoms with Gasteiger partial charge < -0.3 is 4.74 Å². The van der Waals surface area contributed by atoms with Gasteiger partial charge in [-0.2, -0.15) is 0 Å². The maximum absolute atomic E-state index is 12.8. The highest BCUT2D eigenvalue weighted by Gasteiger charge is 2.15. The highest BCUT2D eigenvalue weighted by atomic mass is 35.5. The molecule has 0 amide bonds. The van der Waals surface area contributed by atoms with E-state index < -0.39 is 6.10 Å². The smallest absolute Gasteiger partial charge is 0.177 e. The van der Waals surface area contributed by atoms with Crippen LogP contribution in [-0.4, -0.2) is 11.9 Å². The Morgan fingerprint density at radius 3 is 2.60 bits per heavy atom. The maximum Gasteiger partial charge on any atom is 0.177 e. The molecule has 0 aromatic heterocycles. The Kier molecular flexibility index (Phi) is 4.74. The van der Waals surface area contributed by atoms with Gasteiger partial charge in [0.2, 0.25) is 0 Å². The minimum atomic E-state index is -0.585. The van der Waals surface area contributed by atoms with E-state index in [2.05, 4.69) is 0 Å². The van der Waals surface area contributed by atoms with Crippen molar-refractivity contribution in [3.05, 3.63) is 64.9 Å². The second-order valence-corrected chi connectivity index (χ2v) is 4.92. The zero-order valence-electron chi connectivity index (χ0n) is 11.0. The van der Waals surface area contributed by atoms with Gasteiger partial charge in [0, 0.05) is 11.4 Å². The third-order valence-corrected chi connectivity index (χ3v) is 3.09. The molecule has 0 spiro atoms. The summed E-state index contributed by atoms with van der Waals surface area (Å²) in [6.07, 6.45) is -0.374. The zero-order valence-corrected chi connectivity index (χ0v) is 11.7. The molecule has 0 heterocycles. The number of hydrogen-bond acceptors (Lipinski definition) is 2. The lowest BCUT2D eigenvalue weighted by Crippen LogP contribution is -2.25. The first-order valence-corrected chi connectivity index (χ1v) is 6.62. The number of carbonyl (C=O) groups is 1. The number of Topliss-reactive ketones (excluding diaryl/α,β-unsaturated/α-hetero) is 1. The average Bonchev–Trinajstić information content (AvgIpc) is 2.41. The number of halogens is 2. The van der Waals surface area contributed by atoms with Crippen molar-refractivity contribution in [3.8, 4) is 5.75 Å². The Hall–Kier alpha value is -1.87. The molecule has 104 valence electrons. The van der Waals surface area contributed by atoms with E-state index in [1.165, 1.54) is 12.1 Å². The van der Waals surface area contributed by atoms with Gasteiger partial charge in [-0.25, -0.2) is 4.39 Å². The third kappa shape index (κ3) is 4.07. The summed E-state index contributed by atoms with van der Waals surface area (Å²) in [4.78, 5) is 12.0. The molecule has 0 N–H and O–H groups in total. The molecule has 0 bridgehead atoms. The van der Waals surface area contributed by atoms with Crippen LogP contribution in [0.15, 0.2) is 48.5 Å². The SMILES string of the molecule is CC(Oc1cccc(Cl)c1)C(=O)Cc1ccc(F)cc1. The summed E-state index contributed by atoms with van der Waals surface area (Å²) in [5.41, 5.74) is 0.762. The van der Waals surface area contributed by atoms with Gasteiger partial charge in [-0.1, -0.05) is 29.8 Å². The van der Waals surface area contributed by atoms with Crippen LogP contribution in [0.1, 0.15) is 12.5 Å². The quantitative estimate of drug-likeness (QED) is 0.831. The standard InChI is InChI=1S/C16H14ClFO2/c1-11(20-15-4-2-3-13(17)10-15)16(19)9-12-5-7-14(18)8-6-12/h2-8,10-11H,9H2,1H3. The molecule has 0 aliphatic heterocycles. The summed E-state index contributed by atoms with van der Waals surface area (Å²) in [6, 6.07) is 12.8. The van der Waals surface area contributed by atoms with Crippen molar-refractivity contribution >= 4 is 17.4 Å². The third-order valence-electron chi connectivity index (χ3n) is 2.85. The van der Waals surface area contributed by atoms with Gasteiger partial charge in [0.15, 0.2) is 11.9 Å². The van der Waals surface area contributed by atoms with Crippen molar-refractivity contribution in [2.45, 2.75) is 19.4 Å². The predicted octanol–water partition coefficient (Wildman–Crippen LogP) is 4.06. The summed E-state index contributed by atoms with van der Waals surface area (Å²) >= 11 is 5.85. The zero-order chi connectivity index (χ0) is 14.5. The number of ketones is 1. The fourth-order valence-corrected chi connectivity index (χ4v) is 1.94. The van der Waals surface area contributed by atoms with Crippen LogP contribution in [-0.2, 0) is 11.2 Å². The summed E-state index contributed by atoms with van der Waals surface area (Å²) in [7, 11) is 0. The number of rotatable bonds is 5. The normalized spacial score (nSPS) is 11.9. The molecule has 0 saturated carbocycles. The predicted molar refractivity (Wildman–Crippen MR) is 76.7 cm³/mol. The first kappa shape index (κ1) is 14.5. The van der Waals surface area contributed by atoms with Crippen molar-refractivity contribution < 1.29 is 13.9 Å². The van der Waals surface area contributed by atoms with Crippen LogP contribution in [0.5, 0.6) is 5.75 Å². The Bertz CT molecular complexity index is 596. The minimum absolute atomic E-state index is 0.0726. The van der Waals surface area contributed by atoms with E-state index in [4.69, 9.17) is 16.3 Å². The van der Waals surface area contributed by atoms with Gasteiger partial charge in [0.25, 0.3) is 0 Å². The van der Waals surface area contributed by atoms with Crippen molar-refractivity contribution in [2.24, 2.45) is 0 Å². The second kappa shape index (κ2) is 6.53. The first-order chi connectivity index (χ1) is 9.54. The molecule has 0 saturated heterocycles. The Balaban J connectivity index is 1.96. The fraction of sp³-hybridized carbons (Fsp3) is 0.188. The van der Waals surface area contributed by atoms with Crippen LogP contribution in [0.2, 0.25) is 5.02 Å². The fourth-order valence-electron chi connectivity index (χ4n) is 1.76. The van der Waals surface area contributed by atoms with Crippen molar-refractivity contribution in [3.63, 3.8) is 0 Å². The lowest BCUT2D eigenvalue weighted by atomic mass is 10.1. The molecule has 0 aliphatic rings. The Morgan fingerprint density at radius 2 is 1.95 bits per heavy atom. The molecule has 0 fully saturated rings. The molecule has 1 atom stereocenters. The van der Waals surface area contributed by atoms with Gasteiger partial charge >= 0.3 is 0 Å². The molecule has 2 rings (SSSR count). The average molecular weight is 293 g/mol. The highest BCUT2D eigenvalue weighted by Crippen LogP contribution is 2.19. The van der Waals surface area contributed by atoms with Crippen molar-refractivity contribution in [1.82, 2.24) is 0 Å². The largest absolute Gasteiger partial charge is 0.483 e. The Morgan fingerprint density at radius 1 is 1.25 bits per heavy atom. The maximum atomic E-state index is 12.8. The molecule has 2 nitrogen and oxygen atoms in total. The molecule has 4 heteroatoms. The monoisotopic (exact) mass is 292 g/mol. The number of carbonyl (C=O) groups excluding carboxylic acids is 1. The summed E-state index contributed by atoms with van der Waals surface area (Å²) < 4.78 is 18.3. The van der Waals surface area contributed by atoms with Gasteiger partial charge in [0.05, 0.1) is 0 Å². The highest BCUT2D eigenvalue weighted by molar-refractivity contribution is 6.30. The second-order valence-electron chi connectivity index (χ2n) is 4.49. The Labute approximate surface area is 122 Å². The lowest BCUT2D eigenvalue weighted by Gasteiger charge is -2.13. The van der Waals surface area contributed by atoms with Gasteiger partial charge in [-0.15, -0.1) is 0 Å². The van der Waals surface area contributed by atoms with E-state index in [1.807, 2.05) is 0 Å². The van der Waals surface area contributed by atoms with Gasteiger partial charge in [-0.05, 0) is 42.8 Å². The molecule has 2 aromatic carbocycles. The number of ether oxygens (including phenoxy) is 1. The number of benzene rings is 2. The molecule has 0 radical (unpaired) electrons.